The third-order valence-electron chi connectivity index (χ3n) is 8.27. The Labute approximate surface area is 207 Å². The average Bonchev–Trinajstić information content (AvgIpc) is 3.29. The zero-order chi connectivity index (χ0) is 24.4. The number of pyridine rings is 1. The lowest BCUT2D eigenvalue weighted by Crippen LogP contribution is -2.54. The Morgan fingerprint density at radius 3 is 2.38 bits per heavy atom. The van der Waals surface area contributed by atoms with E-state index in [1.807, 2.05) is 23.1 Å². The number of aromatic nitrogens is 3. The van der Waals surface area contributed by atoms with Crippen LogP contribution in [-0.2, 0) is 15.9 Å². The minimum Gasteiger partial charge on any atom is -0.390 e. The van der Waals surface area contributed by atoms with E-state index in [9.17, 15) is 14.3 Å². The van der Waals surface area contributed by atoms with Gasteiger partial charge in [0, 0.05) is 17.9 Å². The molecular formula is C25H32BrFN4O3. The number of nitrogens with zero attached hydrogens (tertiary/aromatic N) is 4. The molecule has 34 heavy (non-hydrogen) atoms. The van der Waals surface area contributed by atoms with Crippen LogP contribution in [0.5, 0.6) is 0 Å². The average molecular weight is 535 g/mol. The monoisotopic (exact) mass is 534 g/mol. The lowest BCUT2D eigenvalue weighted by Gasteiger charge is -2.53. The lowest BCUT2D eigenvalue weighted by molar-refractivity contribution is -0.137. The van der Waals surface area contributed by atoms with Gasteiger partial charge < -0.3 is 9.63 Å². The maximum atomic E-state index is 14.3. The molecule has 4 fully saturated rings. The van der Waals surface area contributed by atoms with Crippen LogP contribution in [0.15, 0.2) is 27.3 Å². The number of anilines is 1. The molecule has 2 aromatic rings. The lowest BCUT2D eigenvalue weighted by atomic mass is 9.53. The van der Waals surface area contributed by atoms with E-state index in [2.05, 4.69) is 31.1 Å². The topological polar surface area (TPSA) is 92.4 Å². The van der Waals surface area contributed by atoms with Crippen LogP contribution in [0.25, 0.3) is 0 Å². The standard InChI is InChI=1S/C25H32BrFN4O3/c1-22(2,27)21-29-20(30-34-21)25-10-7-24(8-11-25,9-12-25)15-31(18-6-4-5-17(26)28-18)19(32)16-13-23(3,33)14-16/h4-6,16,33H,7-15H2,1-3H3/t16-,23+,24?,25?. The van der Waals surface area contributed by atoms with E-state index in [4.69, 9.17) is 4.52 Å². The highest BCUT2D eigenvalue weighted by molar-refractivity contribution is 9.10. The van der Waals surface area contributed by atoms with E-state index < -0.39 is 11.3 Å². The Kier molecular flexibility index (Phi) is 5.67. The van der Waals surface area contributed by atoms with Gasteiger partial charge in [0.05, 0.1) is 5.60 Å². The zero-order valence-electron chi connectivity index (χ0n) is 20.0. The number of hydrogen-bond acceptors (Lipinski definition) is 6. The van der Waals surface area contributed by atoms with Crippen LogP contribution in [0.3, 0.4) is 0 Å². The highest BCUT2D eigenvalue weighted by Gasteiger charge is 2.53. The Morgan fingerprint density at radius 1 is 1.21 bits per heavy atom. The fourth-order valence-electron chi connectivity index (χ4n) is 6.07. The number of aliphatic hydroxyl groups is 1. The van der Waals surface area contributed by atoms with Gasteiger partial charge in [0.1, 0.15) is 10.4 Å². The molecule has 4 aliphatic rings. The third kappa shape index (κ3) is 4.30. The number of amides is 1. The summed E-state index contributed by atoms with van der Waals surface area (Å²) in [5.41, 5.74) is -2.59. The van der Waals surface area contributed by atoms with Gasteiger partial charge >= 0.3 is 0 Å². The molecule has 1 N–H and O–H groups in total. The Hall–Kier alpha value is -1.87. The normalized spacial score (nSPS) is 32.9. The van der Waals surface area contributed by atoms with Gasteiger partial charge in [-0.3, -0.25) is 9.69 Å². The summed E-state index contributed by atoms with van der Waals surface area (Å²) in [6, 6.07) is 5.63. The van der Waals surface area contributed by atoms with Crippen molar-refractivity contribution in [3.63, 3.8) is 0 Å². The van der Waals surface area contributed by atoms with Crippen LogP contribution in [0.2, 0.25) is 0 Å². The molecule has 0 radical (unpaired) electrons. The van der Waals surface area contributed by atoms with Gasteiger partial charge in [0.15, 0.2) is 11.5 Å². The number of halogens is 2. The van der Waals surface area contributed by atoms with Crippen molar-refractivity contribution in [1.29, 1.82) is 0 Å². The van der Waals surface area contributed by atoms with Crippen LogP contribution in [-0.4, -0.2) is 38.3 Å². The number of fused-ring (bicyclic) bond motifs is 3. The smallest absolute Gasteiger partial charge is 0.263 e. The summed E-state index contributed by atoms with van der Waals surface area (Å²) in [6.45, 7) is 5.25. The molecule has 2 heterocycles. The number of carbonyl (C=O) groups is 1. The number of alkyl halides is 1. The van der Waals surface area contributed by atoms with Gasteiger partial charge in [-0.1, -0.05) is 11.2 Å². The van der Waals surface area contributed by atoms with Crippen LogP contribution in [0.1, 0.15) is 83.9 Å². The van der Waals surface area contributed by atoms with Crippen LogP contribution >= 0.6 is 15.9 Å². The van der Waals surface area contributed by atoms with E-state index >= 15 is 0 Å². The first-order valence-corrected chi connectivity index (χ1v) is 12.9. The summed E-state index contributed by atoms with van der Waals surface area (Å²) >= 11 is 3.44. The Balaban J connectivity index is 1.35. The van der Waals surface area contributed by atoms with Crippen molar-refractivity contribution in [2.24, 2.45) is 11.3 Å². The van der Waals surface area contributed by atoms with Gasteiger partial charge in [-0.05, 0) is 106 Å². The summed E-state index contributed by atoms with van der Waals surface area (Å²) in [4.78, 5) is 24.4. The first-order valence-electron chi connectivity index (χ1n) is 12.1. The largest absolute Gasteiger partial charge is 0.390 e. The van der Waals surface area contributed by atoms with Crippen LogP contribution < -0.4 is 4.90 Å². The molecular weight excluding hydrogens is 503 g/mol. The fourth-order valence-corrected chi connectivity index (χ4v) is 6.40. The van der Waals surface area contributed by atoms with Crippen molar-refractivity contribution < 1.29 is 18.8 Å². The second-order valence-electron chi connectivity index (χ2n) is 11.5. The first kappa shape index (κ1) is 23.9. The summed E-state index contributed by atoms with van der Waals surface area (Å²) in [5, 5.41) is 14.4. The molecule has 4 saturated carbocycles. The molecule has 184 valence electrons. The molecule has 0 unspecified atom stereocenters. The van der Waals surface area contributed by atoms with Crippen molar-refractivity contribution in [2.75, 3.05) is 11.4 Å². The van der Waals surface area contributed by atoms with Gasteiger partial charge in [0.2, 0.25) is 5.91 Å². The van der Waals surface area contributed by atoms with Crippen molar-refractivity contribution in [2.45, 2.75) is 88.8 Å². The molecule has 6 rings (SSSR count). The molecule has 1 amide bonds. The van der Waals surface area contributed by atoms with E-state index in [1.165, 1.54) is 13.8 Å². The van der Waals surface area contributed by atoms with Crippen LogP contribution in [0.4, 0.5) is 10.2 Å². The predicted molar refractivity (Wildman–Crippen MR) is 128 cm³/mol. The second kappa shape index (κ2) is 8.08. The summed E-state index contributed by atoms with van der Waals surface area (Å²) in [7, 11) is 0. The zero-order valence-corrected chi connectivity index (χ0v) is 21.6. The van der Waals surface area contributed by atoms with E-state index in [0.717, 1.165) is 38.5 Å². The molecule has 2 bridgehead atoms. The Bertz CT molecular complexity index is 1060. The van der Waals surface area contributed by atoms with E-state index in [1.54, 1.807) is 6.92 Å². The minimum atomic E-state index is -1.65. The van der Waals surface area contributed by atoms with Crippen LogP contribution in [0, 0.1) is 11.3 Å². The summed E-state index contributed by atoms with van der Waals surface area (Å²) in [6.07, 6.45) is 6.47. The maximum absolute atomic E-state index is 14.3. The Morgan fingerprint density at radius 2 is 1.85 bits per heavy atom. The third-order valence-corrected chi connectivity index (χ3v) is 8.71. The quantitative estimate of drug-likeness (QED) is 0.510. The second-order valence-corrected chi connectivity index (χ2v) is 12.3. The highest BCUT2D eigenvalue weighted by atomic mass is 79.9. The molecule has 9 heteroatoms. The molecule has 7 nitrogen and oxygen atoms in total. The summed E-state index contributed by atoms with van der Waals surface area (Å²) < 4.78 is 20.2. The van der Waals surface area contributed by atoms with E-state index in [0.29, 0.717) is 35.6 Å². The molecule has 0 aliphatic heterocycles. The first-order chi connectivity index (χ1) is 15.9. The predicted octanol–water partition coefficient (Wildman–Crippen LogP) is 5.22. The van der Waals surface area contributed by atoms with Gasteiger partial charge in [-0.2, -0.15) is 4.98 Å². The molecule has 0 atom stereocenters. The number of carbonyl (C=O) groups excluding carboxylic acids is 1. The molecule has 0 saturated heterocycles. The van der Waals surface area contributed by atoms with Crippen molar-refractivity contribution in [3.05, 3.63) is 34.5 Å². The number of hydrogen-bond donors (Lipinski definition) is 1. The van der Waals surface area contributed by atoms with Gasteiger partial charge in [-0.25, -0.2) is 9.37 Å². The van der Waals surface area contributed by atoms with E-state index in [-0.39, 0.29) is 28.5 Å². The maximum Gasteiger partial charge on any atom is 0.263 e. The molecule has 0 aromatic carbocycles. The van der Waals surface area contributed by atoms with Crippen molar-refractivity contribution in [3.8, 4) is 0 Å². The summed E-state index contributed by atoms with van der Waals surface area (Å²) in [5.74, 6) is 1.17. The molecule has 0 spiro atoms. The van der Waals surface area contributed by atoms with Gasteiger partial charge in [-0.15, -0.1) is 0 Å². The van der Waals surface area contributed by atoms with Crippen molar-refractivity contribution >= 4 is 27.7 Å². The molecule has 2 aromatic heterocycles. The fraction of sp³-hybridized carbons (Fsp3) is 0.680. The number of rotatable bonds is 6. The molecule has 4 aliphatic carbocycles. The minimum absolute atomic E-state index is 0.000398. The SMILES string of the molecule is CC(C)(F)c1nc(C23CCC(CN(c4cccc(Br)n4)C(=O)[C@H]4C[C@@](C)(O)C4)(CC2)CC3)no1. The van der Waals surface area contributed by atoms with Crippen molar-refractivity contribution in [1.82, 2.24) is 15.1 Å². The van der Waals surface area contributed by atoms with Gasteiger partial charge in [0.25, 0.3) is 5.89 Å². The highest BCUT2D eigenvalue weighted by Crippen LogP contribution is 2.58.